The molecule has 3 rings (SSSR count). The third kappa shape index (κ3) is 2.53. The number of amides is 1. The van der Waals surface area contributed by atoms with Crippen LogP contribution in [0.4, 0.5) is 5.69 Å². The Morgan fingerprint density at radius 1 is 1.50 bits per heavy atom. The lowest BCUT2D eigenvalue weighted by Gasteiger charge is -2.31. The van der Waals surface area contributed by atoms with Crippen molar-refractivity contribution in [3.63, 3.8) is 0 Å². The molecule has 0 bridgehead atoms. The van der Waals surface area contributed by atoms with Crippen LogP contribution in [-0.4, -0.2) is 33.2 Å². The van der Waals surface area contributed by atoms with Gasteiger partial charge in [-0.3, -0.25) is 14.9 Å². The summed E-state index contributed by atoms with van der Waals surface area (Å²) in [5, 5.41) is 22.8. The van der Waals surface area contributed by atoms with Crippen LogP contribution in [0.25, 0.3) is 0 Å². The number of nitrogens with one attached hydrogen (secondary N) is 1. The molecule has 1 aromatic heterocycles. The monoisotopic (exact) mass is 279 g/mol. The highest BCUT2D eigenvalue weighted by Gasteiger charge is 2.31. The summed E-state index contributed by atoms with van der Waals surface area (Å²) in [6, 6.07) is 1.55. The van der Waals surface area contributed by atoms with E-state index in [1.807, 2.05) is 0 Å². The van der Waals surface area contributed by atoms with Crippen molar-refractivity contribution in [1.29, 1.82) is 0 Å². The lowest BCUT2D eigenvalue weighted by Crippen LogP contribution is -2.38. The van der Waals surface area contributed by atoms with Gasteiger partial charge >= 0.3 is 0 Å². The Morgan fingerprint density at radius 2 is 2.20 bits per heavy atom. The van der Waals surface area contributed by atoms with Crippen molar-refractivity contribution in [2.75, 3.05) is 6.54 Å². The second-order valence-electron chi connectivity index (χ2n) is 5.68. The molecule has 2 saturated carbocycles. The first-order valence-corrected chi connectivity index (χ1v) is 6.87. The molecule has 2 N–H and O–H groups in total. The second-order valence-corrected chi connectivity index (χ2v) is 5.68. The van der Waals surface area contributed by atoms with E-state index in [-0.39, 0.29) is 23.7 Å². The summed E-state index contributed by atoms with van der Waals surface area (Å²) >= 11 is 0. The molecule has 0 saturated heterocycles. The summed E-state index contributed by atoms with van der Waals surface area (Å²) in [6.45, 7) is 0.513. The zero-order valence-electron chi connectivity index (χ0n) is 11.0. The Kier molecular flexibility index (Phi) is 3.21. The quantitative estimate of drug-likeness (QED) is 0.625. The van der Waals surface area contributed by atoms with Crippen LogP contribution in [0.1, 0.15) is 42.2 Å². The van der Waals surface area contributed by atoms with E-state index in [4.69, 9.17) is 0 Å². The molecule has 0 radical (unpaired) electrons. The predicted octanol–water partition coefficient (Wildman–Crippen LogP) is 1.23. The van der Waals surface area contributed by atoms with Gasteiger partial charge in [0.2, 0.25) is 0 Å². The zero-order valence-corrected chi connectivity index (χ0v) is 11.0. The summed E-state index contributed by atoms with van der Waals surface area (Å²) in [5.41, 5.74) is 0.320. The fourth-order valence-corrected chi connectivity index (χ4v) is 2.60. The number of carbonyl (C=O) groups excluding carboxylic acids is 1. The van der Waals surface area contributed by atoms with E-state index < -0.39 is 4.92 Å². The van der Waals surface area contributed by atoms with Crippen LogP contribution in [0.2, 0.25) is 0 Å². The Bertz CT molecular complexity index is 544. The normalized spacial score (nSPS) is 25.1. The molecule has 0 spiro atoms. The lowest BCUT2D eigenvalue weighted by molar-refractivity contribution is -0.384. The van der Waals surface area contributed by atoms with Crippen LogP contribution < -0.4 is 5.32 Å². The molecule has 20 heavy (non-hydrogen) atoms. The number of hydrogen-bond donors (Lipinski definition) is 2. The first kappa shape index (κ1) is 13.1. The van der Waals surface area contributed by atoms with Gasteiger partial charge in [-0.25, -0.2) is 0 Å². The smallest absolute Gasteiger partial charge is 0.287 e. The second kappa shape index (κ2) is 4.90. The molecule has 0 aromatic carbocycles. The van der Waals surface area contributed by atoms with Crippen LogP contribution in [0, 0.1) is 16.0 Å². The molecule has 7 nitrogen and oxygen atoms in total. The molecular formula is C13H17N3O4. The number of nitro groups is 1. The number of rotatable bonds is 5. The molecule has 7 heteroatoms. The minimum Gasteiger partial charge on any atom is -0.393 e. The molecule has 108 valence electrons. The van der Waals surface area contributed by atoms with Gasteiger partial charge < -0.3 is 15.0 Å². The summed E-state index contributed by atoms with van der Waals surface area (Å²) < 4.78 is 1.71. The molecule has 0 aliphatic heterocycles. The maximum atomic E-state index is 12.1. The molecule has 2 fully saturated rings. The van der Waals surface area contributed by atoms with Gasteiger partial charge in [0, 0.05) is 18.7 Å². The molecule has 2 aliphatic rings. The molecule has 1 heterocycles. The Balaban J connectivity index is 1.68. The summed E-state index contributed by atoms with van der Waals surface area (Å²) in [4.78, 5) is 22.5. The minimum absolute atomic E-state index is 0.0406. The van der Waals surface area contributed by atoms with E-state index in [1.165, 1.54) is 12.3 Å². The van der Waals surface area contributed by atoms with E-state index in [1.54, 1.807) is 4.57 Å². The van der Waals surface area contributed by atoms with E-state index >= 15 is 0 Å². The highest BCUT2D eigenvalue weighted by molar-refractivity contribution is 5.93. The van der Waals surface area contributed by atoms with E-state index in [0.29, 0.717) is 31.0 Å². The fraction of sp³-hybridized carbons (Fsp3) is 0.615. The zero-order chi connectivity index (χ0) is 14.3. The summed E-state index contributed by atoms with van der Waals surface area (Å²) in [5.74, 6) is 0.0414. The van der Waals surface area contributed by atoms with E-state index in [9.17, 15) is 20.0 Å². The van der Waals surface area contributed by atoms with Crippen molar-refractivity contribution in [3.05, 3.63) is 28.1 Å². The highest BCUT2D eigenvalue weighted by atomic mass is 16.6. The first-order valence-electron chi connectivity index (χ1n) is 6.87. The van der Waals surface area contributed by atoms with E-state index in [2.05, 4.69) is 5.32 Å². The molecule has 2 aliphatic carbocycles. The number of carbonyl (C=O) groups is 1. The Hall–Kier alpha value is -1.89. The van der Waals surface area contributed by atoms with E-state index in [0.717, 1.165) is 12.8 Å². The van der Waals surface area contributed by atoms with Gasteiger partial charge in [-0.2, -0.15) is 0 Å². The van der Waals surface area contributed by atoms with Crippen LogP contribution in [0.3, 0.4) is 0 Å². The van der Waals surface area contributed by atoms with Crippen molar-refractivity contribution in [2.24, 2.45) is 5.92 Å². The number of nitrogens with zero attached hydrogens (tertiary/aromatic N) is 2. The minimum atomic E-state index is -0.474. The van der Waals surface area contributed by atoms with Crippen LogP contribution in [0.5, 0.6) is 0 Å². The average Bonchev–Trinajstić information content (AvgIpc) is 3.11. The fourth-order valence-electron chi connectivity index (χ4n) is 2.60. The largest absolute Gasteiger partial charge is 0.393 e. The number of aliphatic hydroxyl groups is 1. The molecule has 0 atom stereocenters. The topological polar surface area (TPSA) is 97.4 Å². The van der Waals surface area contributed by atoms with Crippen molar-refractivity contribution in [1.82, 2.24) is 9.88 Å². The maximum absolute atomic E-state index is 12.1. The third-order valence-electron chi connectivity index (χ3n) is 3.98. The van der Waals surface area contributed by atoms with Gasteiger partial charge in [0.1, 0.15) is 5.69 Å². The molecule has 0 unspecified atom stereocenters. The Morgan fingerprint density at radius 3 is 2.75 bits per heavy atom. The molecule has 1 aromatic rings. The lowest BCUT2D eigenvalue weighted by atomic mass is 9.82. The van der Waals surface area contributed by atoms with Gasteiger partial charge in [-0.15, -0.1) is 0 Å². The SMILES string of the molecule is O=C(NCC1CC(O)C1)c1cc([N+](=O)[O-])cn1C1CC1. The predicted molar refractivity (Wildman–Crippen MR) is 70.4 cm³/mol. The number of aromatic nitrogens is 1. The third-order valence-corrected chi connectivity index (χ3v) is 3.98. The highest BCUT2D eigenvalue weighted by Crippen LogP contribution is 2.37. The van der Waals surface area contributed by atoms with Gasteiger partial charge in [0.25, 0.3) is 11.6 Å². The van der Waals surface area contributed by atoms with Crippen LogP contribution in [-0.2, 0) is 0 Å². The molecular weight excluding hydrogens is 262 g/mol. The van der Waals surface area contributed by atoms with Crippen molar-refractivity contribution in [3.8, 4) is 0 Å². The summed E-state index contributed by atoms with van der Waals surface area (Å²) in [6.07, 6.45) is 4.55. The summed E-state index contributed by atoms with van der Waals surface area (Å²) in [7, 11) is 0. The Labute approximate surface area is 115 Å². The maximum Gasteiger partial charge on any atom is 0.287 e. The van der Waals surface area contributed by atoms with Gasteiger partial charge in [-0.05, 0) is 31.6 Å². The average molecular weight is 279 g/mol. The van der Waals surface area contributed by atoms with Crippen molar-refractivity contribution < 1.29 is 14.8 Å². The van der Waals surface area contributed by atoms with Crippen LogP contribution in [0.15, 0.2) is 12.3 Å². The first-order chi connectivity index (χ1) is 9.54. The van der Waals surface area contributed by atoms with Gasteiger partial charge in [0.15, 0.2) is 0 Å². The van der Waals surface area contributed by atoms with Crippen molar-refractivity contribution >= 4 is 11.6 Å². The van der Waals surface area contributed by atoms with Gasteiger partial charge in [0.05, 0.1) is 17.2 Å². The van der Waals surface area contributed by atoms with Gasteiger partial charge in [-0.1, -0.05) is 0 Å². The number of hydrogen-bond acceptors (Lipinski definition) is 4. The van der Waals surface area contributed by atoms with Crippen molar-refractivity contribution in [2.45, 2.75) is 37.8 Å². The molecule has 1 amide bonds. The van der Waals surface area contributed by atoms with Crippen LogP contribution >= 0.6 is 0 Å². The number of aliphatic hydroxyl groups excluding tert-OH is 1. The standard InChI is InChI=1S/C13H17N3O4/c17-11-3-8(4-11)6-14-13(18)12-5-10(16(19)20)7-15(12)9-1-2-9/h5,7-9,11,17H,1-4,6H2,(H,14,18).